The summed E-state index contributed by atoms with van der Waals surface area (Å²) >= 11 is 1.62. The van der Waals surface area contributed by atoms with Crippen molar-refractivity contribution in [2.45, 2.75) is 0 Å². The van der Waals surface area contributed by atoms with Crippen LogP contribution in [-0.2, 0) is 0 Å². The molecule has 94 valence electrons. The first kappa shape index (κ1) is 11.9. The highest BCUT2D eigenvalue weighted by molar-refractivity contribution is 7.10. The molecule has 0 aliphatic carbocycles. The van der Waals surface area contributed by atoms with Gasteiger partial charge < -0.3 is 4.74 Å². The minimum absolute atomic E-state index is 0.881. The van der Waals surface area contributed by atoms with Crippen LogP contribution >= 0.6 is 11.3 Å². The Labute approximate surface area is 116 Å². The van der Waals surface area contributed by atoms with Gasteiger partial charge in [0.05, 0.1) is 7.11 Å². The first-order valence-corrected chi connectivity index (χ1v) is 6.90. The van der Waals surface area contributed by atoms with Crippen molar-refractivity contribution in [2.75, 3.05) is 7.11 Å². The van der Waals surface area contributed by atoms with Gasteiger partial charge in [-0.25, -0.2) is 4.98 Å². The van der Waals surface area contributed by atoms with Crippen molar-refractivity contribution >= 4 is 34.3 Å². The van der Waals surface area contributed by atoms with Gasteiger partial charge >= 0.3 is 0 Å². The van der Waals surface area contributed by atoms with E-state index in [0.717, 1.165) is 16.3 Å². The lowest BCUT2D eigenvalue weighted by Gasteiger charge is -2.08. The van der Waals surface area contributed by atoms with Crippen LogP contribution in [0.4, 0.5) is 0 Å². The van der Waals surface area contributed by atoms with Crippen LogP contribution in [0.2, 0.25) is 0 Å². The summed E-state index contributed by atoms with van der Waals surface area (Å²) in [5.74, 6) is 0.881. The molecule has 19 heavy (non-hydrogen) atoms. The molecule has 0 amide bonds. The number of fused-ring (bicyclic) bond motifs is 1. The number of nitrogens with zero attached hydrogens (tertiary/aromatic N) is 1. The Kier molecular flexibility index (Phi) is 3.29. The second kappa shape index (κ2) is 5.24. The molecule has 2 nitrogen and oxygen atoms in total. The van der Waals surface area contributed by atoms with Gasteiger partial charge in [-0.05, 0) is 29.0 Å². The average molecular weight is 267 g/mol. The highest BCUT2D eigenvalue weighted by atomic mass is 32.1. The van der Waals surface area contributed by atoms with E-state index in [9.17, 15) is 0 Å². The van der Waals surface area contributed by atoms with Gasteiger partial charge in [-0.1, -0.05) is 30.3 Å². The smallest absolute Gasteiger partial charge is 0.126 e. The van der Waals surface area contributed by atoms with Gasteiger partial charge in [-0.15, -0.1) is 11.3 Å². The summed E-state index contributed by atoms with van der Waals surface area (Å²) in [5.41, 5.74) is 1.09. The van der Waals surface area contributed by atoms with Crippen LogP contribution in [0.1, 0.15) is 10.6 Å². The molecular formula is C16H13NOS. The van der Waals surface area contributed by atoms with Crippen molar-refractivity contribution in [3.05, 3.63) is 58.5 Å². The lowest BCUT2D eigenvalue weighted by atomic mass is 10.0. The highest BCUT2D eigenvalue weighted by Crippen LogP contribution is 2.29. The molecule has 0 bridgehead atoms. The molecule has 0 unspecified atom stereocenters. The number of aromatic nitrogens is 1. The highest BCUT2D eigenvalue weighted by Gasteiger charge is 2.05. The summed E-state index contributed by atoms with van der Waals surface area (Å²) in [6.07, 6.45) is 5.90. The number of rotatable bonds is 3. The normalized spacial score (nSPS) is 11.2. The summed E-state index contributed by atoms with van der Waals surface area (Å²) in [4.78, 5) is 4.26. The Bertz CT molecular complexity index is 717. The predicted molar refractivity (Wildman–Crippen MR) is 81.5 cm³/mol. The number of ether oxygens (including phenoxy) is 1. The molecule has 0 aliphatic rings. The number of benzene rings is 2. The van der Waals surface area contributed by atoms with Crippen molar-refractivity contribution in [3.8, 4) is 5.75 Å². The third kappa shape index (κ3) is 2.37. The van der Waals surface area contributed by atoms with Gasteiger partial charge in [0, 0.05) is 17.1 Å². The van der Waals surface area contributed by atoms with E-state index in [-0.39, 0.29) is 0 Å². The van der Waals surface area contributed by atoms with Crippen LogP contribution in [0, 0.1) is 0 Å². The van der Waals surface area contributed by atoms with Gasteiger partial charge in [0.2, 0.25) is 0 Å². The minimum Gasteiger partial charge on any atom is -0.496 e. The molecule has 0 atom stereocenters. The fraction of sp³-hybridized carbons (Fsp3) is 0.0625. The first-order valence-electron chi connectivity index (χ1n) is 6.02. The Morgan fingerprint density at radius 3 is 2.79 bits per heavy atom. The molecule has 0 saturated heterocycles. The fourth-order valence-corrected chi connectivity index (χ4v) is 2.63. The van der Waals surface area contributed by atoms with Gasteiger partial charge in [0.1, 0.15) is 10.8 Å². The van der Waals surface area contributed by atoms with E-state index < -0.39 is 0 Å². The maximum absolute atomic E-state index is 5.46. The molecule has 3 heteroatoms. The fourth-order valence-electron chi connectivity index (χ4n) is 2.10. The maximum atomic E-state index is 5.46. The van der Waals surface area contributed by atoms with E-state index in [0.29, 0.717) is 0 Å². The number of methoxy groups -OCH3 is 1. The Morgan fingerprint density at radius 2 is 2.00 bits per heavy atom. The van der Waals surface area contributed by atoms with Crippen LogP contribution in [0.15, 0.2) is 48.0 Å². The molecule has 0 aliphatic heterocycles. The lowest BCUT2D eigenvalue weighted by molar-refractivity contribution is 0.414. The molecule has 0 spiro atoms. The number of thiazole rings is 1. The molecule has 3 aromatic rings. The molecule has 2 aromatic carbocycles. The molecule has 1 heterocycles. The van der Waals surface area contributed by atoms with Crippen molar-refractivity contribution < 1.29 is 4.74 Å². The van der Waals surface area contributed by atoms with E-state index in [1.165, 1.54) is 10.8 Å². The maximum Gasteiger partial charge on any atom is 0.126 e. The summed E-state index contributed by atoms with van der Waals surface area (Å²) < 4.78 is 5.46. The zero-order valence-corrected chi connectivity index (χ0v) is 11.4. The zero-order valence-electron chi connectivity index (χ0n) is 10.5. The summed E-state index contributed by atoms with van der Waals surface area (Å²) in [6.45, 7) is 0. The third-order valence-corrected chi connectivity index (χ3v) is 3.74. The second-order valence-electron chi connectivity index (χ2n) is 4.11. The minimum atomic E-state index is 0.881. The van der Waals surface area contributed by atoms with Crippen molar-refractivity contribution in [1.82, 2.24) is 4.98 Å². The van der Waals surface area contributed by atoms with Gasteiger partial charge in [0.25, 0.3) is 0 Å². The van der Waals surface area contributed by atoms with Gasteiger partial charge in [-0.2, -0.15) is 0 Å². The largest absolute Gasteiger partial charge is 0.496 e. The van der Waals surface area contributed by atoms with Crippen molar-refractivity contribution in [1.29, 1.82) is 0 Å². The Morgan fingerprint density at radius 1 is 1.11 bits per heavy atom. The summed E-state index contributed by atoms with van der Waals surface area (Å²) in [5, 5.41) is 5.37. The standard InChI is InChI=1S/C16H13NOS/c1-18-15-8-6-12-4-2-3-5-13(12)14(15)7-9-16-17-10-11-19-16/h2-11H,1H3/b9-7+. The van der Waals surface area contributed by atoms with E-state index in [4.69, 9.17) is 4.74 Å². The number of hydrogen-bond acceptors (Lipinski definition) is 3. The first-order chi connectivity index (χ1) is 9.38. The van der Waals surface area contributed by atoms with E-state index >= 15 is 0 Å². The predicted octanol–water partition coefficient (Wildman–Crippen LogP) is 4.48. The molecule has 3 rings (SSSR count). The summed E-state index contributed by atoms with van der Waals surface area (Å²) in [6, 6.07) is 12.4. The number of hydrogen-bond donors (Lipinski definition) is 0. The molecule has 0 fully saturated rings. The van der Waals surface area contributed by atoms with Crippen LogP contribution in [0.5, 0.6) is 5.75 Å². The SMILES string of the molecule is COc1ccc2ccccc2c1/C=C/c1nccs1. The quantitative estimate of drug-likeness (QED) is 0.698. The second-order valence-corrected chi connectivity index (χ2v) is 5.03. The molecule has 0 radical (unpaired) electrons. The van der Waals surface area contributed by atoms with Crippen LogP contribution < -0.4 is 4.74 Å². The molecule has 1 aromatic heterocycles. The molecule has 0 saturated carbocycles. The zero-order chi connectivity index (χ0) is 13.1. The van der Waals surface area contributed by atoms with Crippen LogP contribution in [-0.4, -0.2) is 12.1 Å². The van der Waals surface area contributed by atoms with Crippen LogP contribution in [0.3, 0.4) is 0 Å². The lowest BCUT2D eigenvalue weighted by Crippen LogP contribution is -1.88. The summed E-state index contributed by atoms with van der Waals surface area (Å²) in [7, 11) is 1.70. The topological polar surface area (TPSA) is 22.1 Å². The third-order valence-electron chi connectivity index (χ3n) is 2.99. The van der Waals surface area contributed by atoms with E-state index in [1.807, 2.05) is 35.9 Å². The molecule has 0 N–H and O–H groups in total. The van der Waals surface area contributed by atoms with E-state index in [1.54, 1.807) is 18.4 Å². The Balaban J connectivity index is 2.14. The average Bonchev–Trinajstić information content (AvgIpc) is 2.97. The van der Waals surface area contributed by atoms with Gasteiger partial charge in [-0.3, -0.25) is 0 Å². The van der Waals surface area contributed by atoms with Crippen molar-refractivity contribution in [3.63, 3.8) is 0 Å². The van der Waals surface area contributed by atoms with Gasteiger partial charge in [0.15, 0.2) is 0 Å². The van der Waals surface area contributed by atoms with E-state index in [2.05, 4.69) is 29.3 Å². The monoisotopic (exact) mass is 267 g/mol. The molecular weight excluding hydrogens is 254 g/mol. The Hall–Kier alpha value is -2.13. The van der Waals surface area contributed by atoms with Crippen LogP contribution in [0.25, 0.3) is 22.9 Å². The van der Waals surface area contributed by atoms with Crippen molar-refractivity contribution in [2.24, 2.45) is 0 Å².